The molecule has 0 unspecified atom stereocenters. The first-order chi connectivity index (χ1) is 9.71. The lowest BCUT2D eigenvalue weighted by Gasteiger charge is -2.32. The molecule has 0 radical (unpaired) electrons. The van der Waals surface area contributed by atoms with E-state index in [-0.39, 0.29) is 5.91 Å². The lowest BCUT2D eigenvalue weighted by Crippen LogP contribution is -2.41. The normalized spacial score (nSPS) is 19.4. The van der Waals surface area contributed by atoms with Crippen LogP contribution in [0.25, 0.3) is 0 Å². The Kier molecular flexibility index (Phi) is 4.04. The van der Waals surface area contributed by atoms with Gasteiger partial charge in [-0.15, -0.1) is 0 Å². The lowest BCUT2D eigenvalue weighted by atomic mass is 9.78. The number of methoxy groups -OCH3 is 1. The maximum atomic E-state index is 11.9. The molecule has 114 valence electrons. The molecule has 1 fully saturated rings. The van der Waals surface area contributed by atoms with Gasteiger partial charge in [0.1, 0.15) is 5.75 Å². The van der Waals surface area contributed by atoms with E-state index in [0.29, 0.717) is 11.3 Å². The van der Waals surface area contributed by atoms with Crippen LogP contribution < -0.4 is 15.5 Å². The number of carbonyl (C=O) groups excluding carboxylic acids is 1. The summed E-state index contributed by atoms with van der Waals surface area (Å²) in [5.74, 6) is 0.319. The number of carbonyl (C=O) groups is 1. The Morgan fingerprint density at radius 1 is 1.19 bits per heavy atom. The number of hydrogen-bond donors (Lipinski definition) is 1. The van der Waals surface area contributed by atoms with Gasteiger partial charge in [-0.3, -0.25) is 4.79 Å². The topological polar surface area (TPSA) is 56.8 Å². The smallest absolute Gasteiger partial charge is 0.494 e. The highest BCUT2D eigenvalue weighted by atomic mass is 16.7. The number of rotatable bonds is 3. The zero-order chi connectivity index (χ0) is 15.8. The van der Waals surface area contributed by atoms with Crippen molar-refractivity contribution in [2.45, 2.75) is 38.9 Å². The minimum absolute atomic E-state index is 0.204. The summed E-state index contributed by atoms with van der Waals surface area (Å²) < 4.78 is 17.2. The molecule has 1 N–H and O–H groups in total. The van der Waals surface area contributed by atoms with Gasteiger partial charge in [0.15, 0.2) is 0 Å². The molecule has 0 saturated carbocycles. The second-order valence-corrected chi connectivity index (χ2v) is 6.13. The van der Waals surface area contributed by atoms with Gasteiger partial charge in [-0.1, -0.05) is 6.07 Å². The summed E-state index contributed by atoms with van der Waals surface area (Å²) in [6.45, 7) is 7.98. The van der Waals surface area contributed by atoms with Crippen molar-refractivity contribution in [3.8, 4) is 5.75 Å². The Labute approximate surface area is 126 Å². The summed E-state index contributed by atoms with van der Waals surface area (Å²) in [4.78, 5) is 11.9. The summed E-state index contributed by atoms with van der Waals surface area (Å²) in [6.07, 6.45) is 0. The van der Waals surface area contributed by atoms with Crippen molar-refractivity contribution in [2.75, 3.05) is 14.2 Å². The predicted octanol–water partition coefficient (Wildman–Crippen LogP) is 1.35. The average molecular weight is 291 g/mol. The molecule has 21 heavy (non-hydrogen) atoms. The Balaban J connectivity index is 2.36. The van der Waals surface area contributed by atoms with Gasteiger partial charge in [-0.05, 0) is 45.3 Å². The number of amides is 1. The molecule has 1 heterocycles. The Hall–Kier alpha value is -1.53. The lowest BCUT2D eigenvalue weighted by molar-refractivity contribution is 0.00578. The van der Waals surface area contributed by atoms with E-state index in [4.69, 9.17) is 14.0 Å². The SMILES string of the molecule is CNC(=O)c1cc(B2OC(C)(C)C(C)(C)O2)ccc1OC. The van der Waals surface area contributed by atoms with Crippen molar-refractivity contribution in [1.82, 2.24) is 5.32 Å². The van der Waals surface area contributed by atoms with E-state index in [2.05, 4.69) is 5.32 Å². The first-order valence-electron chi connectivity index (χ1n) is 6.97. The molecule has 2 rings (SSSR count). The average Bonchev–Trinajstić information content (AvgIpc) is 2.66. The van der Waals surface area contributed by atoms with Gasteiger partial charge >= 0.3 is 7.12 Å². The van der Waals surface area contributed by atoms with Crippen LogP contribution in [0.5, 0.6) is 5.75 Å². The van der Waals surface area contributed by atoms with Crippen molar-refractivity contribution >= 4 is 18.5 Å². The molecule has 1 aromatic carbocycles. The first kappa shape index (κ1) is 15.9. The summed E-state index contributed by atoms with van der Waals surface area (Å²) in [5, 5.41) is 2.61. The molecule has 0 bridgehead atoms. The number of ether oxygens (including phenoxy) is 1. The standard InChI is InChI=1S/C15H22BNO4/c1-14(2)15(3,4)21-16(20-14)10-7-8-12(19-6)11(9-10)13(18)17-5/h7-9H,1-6H3,(H,17,18). The molecule has 0 atom stereocenters. The monoisotopic (exact) mass is 291 g/mol. The third-order valence-corrected chi connectivity index (χ3v) is 4.22. The van der Waals surface area contributed by atoms with E-state index >= 15 is 0 Å². The summed E-state index contributed by atoms with van der Waals surface area (Å²) >= 11 is 0. The molecule has 1 amide bonds. The fraction of sp³-hybridized carbons (Fsp3) is 0.533. The molecule has 0 aromatic heterocycles. The van der Waals surface area contributed by atoms with Gasteiger partial charge in [0.2, 0.25) is 0 Å². The fourth-order valence-electron chi connectivity index (χ4n) is 2.16. The second-order valence-electron chi connectivity index (χ2n) is 6.13. The minimum atomic E-state index is -0.496. The van der Waals surface area contributed by atoms with Crippen LogP contribution in [-0.2, 0) is 9.31 Å². The summed E-state index contributed by atoms with van der Waals surface area (Å²) in [6, 6.07) is 5.36. The molecular formula is C15H22BNO4. The van der Waals surface area contributed by atoms with Crippen molar-refractivity contribution in [3.05, 3.63) is 23.8 Å². The maximum Gasteiger partial charge on any atom is 0.494 e. The third-order valence-electron chi connectivity index (χ3n) is 4.22. The number of nitrogens with one attached hydrogen (secondary N) is 1. The molecule has 1 aliphatic heterocycles. The highest BCUT2D eigenvalue weighted by molar-refractivity contribution is 6.62. The molecular weight excluding hydrogens is 269 g/mol. The molecule has 5 nitrogen and oxygen atoms in total. The van der Waals surface area contributed by atoms with Crippen molar-refractivity contribution in [1.29, 1.82) is 0 Å². The van der Waals surface area contributed by atoms with Crippen LogP contribution in [0.15, 0.2) is 18.2 Å². The largest absolute Gasteiger partial charge is 0.496 e. The molecule has 6 heteroatoms. The van der Waals surface area contributed by atoms with Gasteiger partial charge in [0.05, 0.1) is 23.9 Å². The molecule has 0 spiro atoms. The Morgan fingerprint density at radius 3 is 2.24 bits per heavy atom. The van der Waals surface area contributed by atoms with Crippen molar-refractivity contribution in [2.24, 2.45) is 0 Å². The zero-order valence-electron chi connectivity index (χ0n) is 13.4. The molecule has 0 aliphatic carbocycles. The molecule has 1 aromatic rings. The summed E-state index contributed by atoms with van der Waals surface area (Å²) in [5.41, 5.74) is 0.440. The van der Waals surface area contributed by atoms with Crippen LogP contribution >= 0.6 is 0 Å². The van der Waals surface area contributed by atoms with E-state index in [1.807, 2.05) is 33.8 Å². The first-order valence-corrected chi connectivity index (χ1v) is 6.97. The Bertz CT molecular complexity index is 541. The van der Waals surface area contributed by atoms with Gasteiger partial charge in [0, 0.05) is 7.05 Å². The predicted molar refractivity (Wildman–Crippen MR) is 82.1 cm³/mol. The van der Waals surface area contributed by atoms with Gasteiger partial charge in [-0.25, -0.2) is 0 Å². The van der Waals surface area contributed by atoms with E-state index < -0.39 is 18.3 Å². The Morgan fingerprint density at radius 2 is 1.76 bits per heavy atom. The number of benzene rings is 1. The highest BCUT2D eigenvalue weighted by Crippen LogP contribution is 2.36. The van der Waals surface area contributed by atoms with Gasteiger partial charge in [0.25, 0.3) is 5.91 Å². The van der Waals surface area contributed by atoms with E-state index in [1.54, 1.807) is 19.2 Å². The van der Waals surface area contributed by atoms with Gasteiger partial charge < -0.3 is 19.4 Å². The van der Waals surface area contributed by atoms with Crippen molar-refractivity contribution < 1.29 is 18.8 Å². The van der Waals surface area contributed by atoms with Crippen molar-refractivity contribution in [3.63, 3.8) is 0 Å². The van der Waals surface area contributed by atoms with Crippen LogP contribution in [0.3, 0.4) is 0 Å². The van der Waals surface area contributed by atoms with Crippen LogP contribution in [0.1, 0.15) is 38.1 Å². The fourth-order valence-corrected chi connectivity index (χ4v) is 2.16. The third kappa shape index (κ3) is 2.78. The van der Waals surface area contributed by atoms with E-state index in [0.717, 1.165) is 5.46 Å². The highest BCUT2D eigenvalue weighted by Gasteiger charge is 2.51. The zero-order valence-corrected chi connectivity index (χ0v) is 13.4. The van der Waals surface area contributed by atoms with Gasteiger partial charge in [-0.2, -0.15) is 0 Å². The summed E-state index contributed by atoms with van der Waals surface area (Å²) in [7, 11) is 2.63. The maximum absolute atomic E-state index is 11.9. The van der Waals surface area contributed by atoms with E-state index in [9.17, 15) is 4.79 Å². The van der Waals surface area contributed by atoms with Crippen LogP contribution in [0.2, 0.25) is 0 Å². The quantitative estimate of drug-likeness (QED) is 0.854. The van der Waals surface area contributed by atoms with E-state index in [1.165, 1.54) is 7.11 Å². The van der Waals surface area contributed by atoms with Crippen LogP contribution in [0, 0.1) is 0 Å². The minimum Gasteiger partial charge on any atom is -0.496 e. The molecule has 1 saturated heterocycles. The molecule has 1 aliphatic rings. The number of hydrogen-bond acceptors (Lipinski definition) is 4. The second kappa shape index (κ2) is 5.35. The van der Waals surface area contributed by atoms with Crippen LogP contribution in [0.4, 0.5) is 0 Å². The van der Waals surface area contributed by atoms with Crippen LogP contribution in [-0.4, -0.2) is 38.4 Å².